The van der Waals surface area contributed by atoms with Crippen molar-refractivity contribution < 1.29 is 71.6 Å². The monoisotopic (exact) mass is 693 g/mol. The number of rotatable bonds is 21. The van der Waals surface area contributed by atoms with E-state index < -0.39 is 47.6 Å². The van der Waals surface area contributed by atoms with Gasteiger partial charge in [-0.3, -0.25) is 28.9 Å². The second-order valence-electron chi connectivity index (χ2n) is 10.9. The quantitative estimate of drug-likeness (QED) is 0.0781. The van der Waals surface area contributed by atoms with Crippen molar-refractivity contribution >= 4 is 42.0 Å². The third-order valence-corrected chi connectivity index (χ3v) is 5.30. The zero-order valence-electron chi connectivity index (χ0n) is 28.8. The number of nitrogens with one attached hydrogen (secondary N) is 1. The van der Waals surface area contributed by atoms with Gasteiger partial charge >= 0.3 is 30.2 Å². The Morgan fingerprint density at radius 1 is 0.750 bits per heavy atom. The second-order valence-corrected chi connectivity index (χ2v) is 10.9. The molecule has 1 aliphatic rings. The highest BCUT2D eigenvalue weighted by atomic mass is 16.8. The maximum absolute atomic E-state index is 12.1. The molecule has 18 nitrogen and oxygen atoms in total. The molecule has 0 aromatic heterocycles. The number of nitrogens with zero attached hydrogens (tertiary/aromatic N) is 2. The molecule has 18 heteroatoms. The fourth-order valence-corrected chi connectivity index (χ4v) is 3.27. The highest BCUT2D eigenvalue weighted by molar-refractivity contribution is 6.01. The number of amides is 3. The maximum Gasteiger partial charge on any atom is 0.533 e. The Balaban J connectivity index is 0.00000130. The smallest absolute Gasteiger partial charge is 0.465 e. The molecule has 48 heavy (non-hydrogen) atoms. The molecule has 0 radical (unpaired) electrons. The van der Waals surface area contributed by atoms with Gasteiger partial charge < -0.3 is 38.5 Å². The molecule has 0 bridgehead atoms. The molecule has 276 valence electrons. The van der Waals surface area contributed by atoms with Gasteiger partial charge in [0.25, 0.3) is 11.8 Å². The Labute approximate surface area is 280 Å². The van der Waals surface area contributed by atoms with Crippen LogP contribution in [0.5, 0.6) is 0 Å². The summed E-state index contributed by atoms with van der Waals surface area (Å²) in [5.74, 6) is -2.43. The molecule has 0 unspecified atom stereocenters. The summed E-state index contributed by atoms with van der Waals surface area (Å²) >= 11 is 0. The summed E-state index contributed by atoms with van der Waals surface area (Å²) < 4.78 is 35.2. The molecule has 0 saturated carbocycles. The highest BCUT2D eigenvalue weighted by Gasteiger charge is 2.33. The number of carbonyl (C=O) groups is 7. The van der Waals surface area contributed by atoms with Crippen LogP contribution in [0.15, 0.2) is 0 Å². The van der Waals surface area contributed by atoms with Gasteiger partial charge in [0.05, 0.1) is 39.6 Å². The van der Waals surface area contributed by atoms with E-state index in [4.69, 9.17) is 28.4 Å². The van der Waals surface area contributed by atoms with Crippen LogP contribution in [0.3, 0.4) is 0 Å². The lowest BCUT2D eigenvalue weighted by molar-refractivity contribution is -0.177. The predicted octanol–water partition coefficient (Wildman–Crippen LogP) is 1.52. The third-order valence-electron chi connectivity index (χ3n) is 5.30. The van der Waals surface area contributed by atoms with E-state index in [-0.39, 0.29) is 78.7 Å². The van der Waals surface area contributed by atoms with Crippen LogP contribution in [-0.2, 0) is 62.0 Å². The summed E-state index contributed by atoms with van der Waals surface area (Å²) in [6.07, 6.45) is 0.0666. The van der Waals surface area contributed by atoms with E-state index in [9.17, 15) is 33.6 Å². The van der Waals surface area contributed by atoms with Gasteiger partial charge in [-0.1, -0.05) is 18.9 Å². The van der Waals surface area contributed by atoms with E-state index in [0.717, 1.165) is 6.42 Å². The topological polar surface area (TPSA) is 212 Å². The zero-order valence-corrected chi connectivity index (χ0v) is 28.8. The average molecular weight is 694 g/mol. The molecule has 0 aliphatic carbocycles. The summed E-state index contributed by atoms with van der Waals surface area (Å²) in [5, 5.41) is 3.00. The van der Waals surface area contributed by atoms with Gasteiger partial charge in [0.1, 0.15) is 25.4 Å². The number of hydrogen-bond donors (Lipinski definition) is 1. The van der Waals surface area contributed by atoms with E-state index in [2.05, 4.69) is 14.9 Å². The first kappa shape index (κ1) is 44.0. The first-order valence-electron chi connectivity index (χ1n) is 15.7. The van der Waals surface area contributed by atoms with Gasteiger partial charge in [-0.15, -0.1) is 0 Å². The molecule has 0 atom stereocenters. The number of alkyl carbamates (subject to hydrolysis) is 1. The van der Waals surface area contributed by atoms with Crippen molar-refractivity contribution in [3.05, 3.63) is 0 Å². The molecular weight excluding hydrogens is 642 g/mol. The number of esters is 3. The Bertz CT molecular complexity index is 1000. The van der Waals surface area contributed by atoms with E-state index in [1.54, 1.807) is 25.7 Å². The molecule has 1 fully saturated rings. The number of carbonyl (C=O) groups excluding carboxylic acids is 7. The summed E-state index contributed by atoms with van der Waals surface area (Å²) in [4.78, 5) is 84.9. The van der Waals surface area contributed by atoms with Crippen molar-refractivity contribution in [2.45, 2.75) is 72.8 Å². The summed E-state index contributed by atoms with van der Waals surface area (Å²) in [6.45, 7) is 12.3. The van der Waals surface area contributed by atoms with Crippen LogP contribution in [0.25, 0.3) is 0 Å². The summed E-state index contributed by atoms with van der Waals surface area (Å²) in [5.41, 5.74) is -0.622. The molecule has 0 spiro atoms. The molecule has 1 saturated heterocycles. The van der Waals surface area contributed by atoms with Crippen LogP contribution in [0.4, 0.5) is 9.59 Å². The second kappa shape index (κ2) is 26.0. The van der Waals surface area contributed by atoms with Crippen molar-refractivity contribution in [1.29, 1.82) is 0 Å². The van der Waals surface area contributed by atoms with Crippen LogP contribution < -0.4 is 5.32 Å². The Hall–Kier alpha value is -4.03. The molecule has 3 amide bonds. The van der Waals surface area contributed by atoms with Gasteiger partial charge in [0, 0.05) is 39.4 Å². The minimum atomic E-state index is -1.02. The van der Waals surface area contributed by atoms with E-state index in [0.29, 0.717) is 24.6 Å². The van der Waals surface area contributed by atoms with Crippen molar-refractivity contribution in [2.75, 3.05) is 79.0 Å². The van der Waals surface area contributed by atoms with Crippen molar-refractivity contribution in [3.63, 3.8) is 0 Å². The van der Waals surface area contributed by atoms with E-state index in [1.165, 1.54) is 6.92 Å². The molecule has 1 heterocycles. The first-order chi connectivity index (χ1) is 22.7. The number of imide groups is 1. The van der Waals surface area contributed by atoms with Gasteiger partial charge in [-0.25, -0.2) is 14.4 Å². The molecular formula is C30H51N3O15. The SMILES string of the molecule is CCCOC(=O)NCCOCCOCC(=O)OCCN(CCOC(C)=O)CC(=O)OC(C)(C)C.CCCOC(=O)ON1C(=O)CCC1=O. The highest BCUT2D eigenvalue weighted by Crippen LogP contribution is 2.12. The van der Waals surface area contributed by atoms with Crippen LogP contribution >= 0.6 is 0 Å². The van der Waals surface area contributed by atoms with Gasteiger partial charge in [0.2, 0.25) is 0 Å². The average Bonchev–Trinajstić information content (AvgIpc) is 3.31. The summed E-state index contributed by atoms with van der Waals surface area (Å²) in [7, 11) is 0. The lowest BCUT2D eigenvalue weighted by atomic mass is 10.2. The van der Waals surface area contributed by atoms with Crippen LogP contribution in [0.1, 0.15) is 67.2 Å². The van der Waals surface area contributed by atoms with E-state index in [1.807, 2.05) is 13.8 Å². The first-order valence-corrected chi connectivity index (χ1v) is 15.7. The lowest BCUT2D eigenvalue weighted by Crippen LogP contribution is -2.39. The Kier molecular flexibility index (Phi) is 23.8. The normalized spacial score (nSPS) is 12.5. The van der Waals surface area contributed by atoms with E-state index >= 15 is 0 Å². The van der Waals surface area contributed by atoms with Crippen molar-refractivity contribution in [2.24, 2.45) is 0 Å². The molecule has 0 aromatic rings. The minimum Gasteiger partial charge on any atom is -0.465 e. The van der Waals surface area contributed by atoms with Gasteiger partial charge in [-0.2, -0.15) is 0 Å². The Morgan fingerprint density at radius 2 is 1.33 bits per heavy atom. The summed E-state index contributed by atoms with van der Waals surface area (Å²) in [6, 6.07) is 0. The Morgan fingerprint density at radius 3 is 1.92 bits per heavy atom. The molecule has 1 N–H and O–H groups in total. The van der Waals surface area contributed by atoms with Crippen LogP contribution in [-0.4, -0.2) is 137 Å². The fourth-order valence-electron chi connectivity index (χ4n) is 3.27. The van der Waals surface area contributed by atoms with Crippen LogP contribution in [0, 0.1) is 0 Å². The predicted molar refractivity (Wildman–Crippen MR) is 165 cm³/mol. The third kappa shape index (κ3) is 25.1. The van der Waals surface area contributed by atoms with Crippen molar-refractivity contribution in [1.82, 2.24) is 15.3 Å². The zero-order chi connectivity index (χ0) is 36.4. The van der Waals surface area contributed by atoms with Crippen molar-refractivity contribution in [3.8, 4) is 0 Å². The molecule has 1 aliphatic heterocycles. The minimum absolute atomic E-state index is 0.0291. The largest absolute Gasteiger partial charge is 0.533 e. The number of ether oxygens (including phenoxy) is 7. The van der Waals surface area contributed by atoms with Gasteiger partial charge in [-0.05, 0) is 33.6 Å². The van der Waals surface area contributed by atoms with Gasteiger partial charge in [0.15, 0.2) is 0 Å². The standard InChI is InChI=1S/C22H40N2O10.C8H11NO5/c1-6-10-33-21(28)23-7-11-29-14-15-30-17-20(27)32-13-9-24(8-12-31-18(2)25)16-19(26)34-22(3,4)5;1-2-5-13-8(12)14-9-6(10)3-4-7(9)11/h6-17H2,1-5H3,(H,23,28);2-5H2,1H3. The molecule has 0 aromatic carbocycles. The number of hydrogen-bond acceptors (Lipinski definition) is 16. The lowest BCUT2D eigenvalue weighted by Gasteiger charge is -2.24. The van der Waals surface area contributed by atoms with Crippen LogP contribution in [0.2, 0.25) is 0 Å². The number of hydroxylamine groups is 2. The fraction of sp³-hybridized carbons (Fsp3) is 0.767. The maximum atomic E-state index is 12.1. The molecule has 1 rings (SSSR count).